The molecule has 1 heterocycles. The number of nitrogens with zero attached hydrogens (tertiary/aromatic N) is 3. The van der Waals surface area contributed by atoms with Crippen LogP contribution in [0.5, 0.6) is 0 Å². The van der Waals surface area contributed by atoms with E-state index in [1.165, 1.54) is 0 Å². The van der Waals surface area contributed by atoms with Crippen LogP contribution in [0.25, 0.3) is 6.08 Å². The molecule has 14 heavy (non-hydrogen) atoms. The molecule has 0 aromatic carbocycles. The van der Waals surface area contributed by atoms with Crippen LogP contribution < -0.4 is 3.11 Å². The van der Waals surface area contributed by atoms with Crippen LogP contribution in [0.1, 0.15) is 31.2 Å². The van der Waals surface area contributed by atoms with Crippen LogP contribution >= 0.6 is 22.9 Å². The second kappa shape index (κ2) is 4.72. The third kappa shape index (κ3) is 2.43. The first-order valence-electron chi connectivity index (χ1n) is 4.45. The lowest BCUT2D eigenvalue weighted by molar-refractivity contribution is 0.811. The van der Waals surface area contributed by atoms with Crippen LogP contribution in [-0.2, 0) is 0 Å². The van der Waals surface area contributed by atoms with E-state index in [1.54, 1.807) is 6.08 Å². The van der Waals surface area contributed by atoms with Gasteiger partial charge in [-0.2, -0.15) is 0 Å². The molecular weight excluding hydrogens is 289 g/mol. The Balaban J connectivity index is 3.20. The molecular formula is C10H14IN3. The maximum absolute atomic E-state index is 4.53. The number of halogens is 1. The maximum atomic E-state index is 4.53. The van der Waals surface area contributed by atoms with E-state index in [9.17, 15) is 0 Å². The van der Waals surface area contributed by atoms with E-state index >= 15 is 0 Å². The highest BCUT2D eigenvalue weighted by Crippen LogP contribution is 2.21. The average Bonchev–Trinajstić information content (AvgIpc) is 2.16. The Hall–Kier alpha value is -0.650. The summed E-state index contributed by atoms with van der Waals surface area (Å²) in [5.41, 5.74) is 1.83. The summed E-state index contributed by atoms with van der Waals surface area (Å²) in [4.78, 5) is 8.84. The first kappa shape index (κ1) is 11.4. The third-order valence-electron chi connectivity index (χ3n) is 1.88. The van der Waals surface area contributed by atoms with Crippen molar-refractivity contribution in [3.63, 3.8) is 0 Å². The minimum Gasteiger partial charge on any atom is -0.301 e. The van der Waals surface area contributed by atoms with Gasteiger partial charge in [0.1, 0.15) is 5.69 Å². The van der Waals surface area contributed by atoms with Gasteiger partial charge in [-0.25, -0.2) is 4.98 Å². The van der Waals surface area contributed by atoms with Crippen molar-refractivity contribution in [2.24, 2.45) is 0 Å². The highest BCUT2D eigenvalue weighted by atomic mass is 127. The van der Waals surface area contributed by atoms with Crippen molar-refractivity contribution in [2.75, 3.05) is 10.2 Å². The van der Waals surface area contributed by atoms with Gasteiger partial charge in [0.15, 0.2) is 5.82 Å². The molecule has 0 saturated heterocycles. The molecule has 76 valence electrons. The Bertz CT molecular complexity index is 334. The SMILES string of the molecule is C=Cc1ncc(C(C)C)nc1N(C)I. The number of aromatic nitrogens is 2. The lowest BCUT2D eigenvalue weighted by Gasteiger charge is -2.13. The Morgan fingerprint density at radius 2 is 2.21 bits per heavy atom. The summed E-state index contributed by atoms with van der Waals surface area (Å²) in [6, 6.07) is 0. The Labute approximate surface area is 98.7 Å². The molecule has 0 N–H and O–H groups in total. The van der Waals surface area contributed by atoms with E-state index < -0.39 is 0 Å². The van der Waals surface area contributed by atoms with Gasteiger partial charge >= 0.3 is 0 Å². The van der Waals surface area contributed by atoms with Crippen LogP contribution in [0.3, 0.4) is 0 Å². The first-order chi connectivity index (χ1) is 6.56. The zero-order chi connectivity index (χ0) is 10.7. The molecule has 1 aromatic heterocycles. The van der Waals surface area contributed by atoms with Gasteiger partial charge in [-0.3, -0.25) is 4.98 Å². The van der Waals surface area contributed by atoms with Crippen molar-refractivity contribution in [2.45, 2.75) is 19.8 Å². The first-order valence-corrected chi connectivity index (χ1v) is 5.41. The topological polar surface area (TPSA) is 29.0 Å². The molecule has 0 bridgehead atoms. The Kier molecular flexibility index (Phi) is 3.86. The summed E-state index contributed by atoms with van der Waals surface area (Å²) >= 11 is 2.18. The van der Waals surface area contributed by atoms with Crippen molar-refractivity contribution in [3.8, 4) is 0 Å². The molecule has 1 aromatic rings. The normalized spacial score (nSPS) is 10.4. The van der Waals surface area contributed by atoms with Crippen LogP contribution in [0.4, 0.5) is 5.82 Å². The smallest absolute Gasteiger partial charge is 0.163 e. The minimum absolute atomic E-state index is 0.400. The summed E-state index contributed by atoms with van der Waals surface area (Å²) in [7, 11) is 1.95. The number of hydrogen-bond acceptors (Lipinski definition) is 3. The zero-order valence-electron chi connectivity index (χ0n) is 8.66. The summed E-state index contributed by atoms with van der Waals surface area (Å²) in [5, 5.41) is 0. The van der Waals surface area contributed by atoms with Gasteiger partial charge in [0, 0.05) is 13.2 Å². The van der Waals surface area contributed by atoms with E-state index in [0.717, 1.165) is 17.2 Å². The van der Waals surface area contributed by atoms with Crippen LogP contribution in [-0.4, -0.2) is 17.0 Å². The van der Waals surface area contributed by atoms with Crippen LogP contribution in [0.2, 0.25) is 0 Å². The van der Waals surface area contributed by atoms with Crippen LogP contribution in [0.15, 0.2) is 12.8 Å². The summed E-state index contributed by atoms with van der Waals surface area (Å²) in [6.45, 7) is 7.93. The van der Waals surface area contributed by atoms with Crippen LogP contribution in [0, 0.1) is 0 Å². The van der Waals surface area contributed by atoms with E-state index in [2.05, 4.69) is 53.3 Å². The number of hydrogen-bond donors (Lipinski definition) is 0. The predicted octanol–water partition coefficient (Wildman–Crippen LogP) is 3.03. The van der Waals surface area contributed by atoms with Crippen molar-refractivity contribution in [1.82, 2.24) is 9.97 Å². The Morgan fingerprint density at radius 3 is 2.64 bits per heavy atom. The number of anilines is 1. The molecule has 0 aliphatic heterocycles. The van der Waals surface area contributed by atoms with E-state index in [0.29, 0.717) is 5.92 Å². The molecule has 0 fully saturated rings. The van der Waals surface area contributed by atoms with Gasteiger partial charge in [0.2, 0.25) is 0 Å². The van der Waals surface area contributed by atoms with Gasteiger partial charge < -0.3 is 3.11 Å². The molecule has 0 spiro atoms. The molecule has 3 nitrogen and oxygen atoms in total. The van der Waals surface area contributed by atoms with Gasteiger partial charge in [0.05, 0.1) is 28.6 Å². The molecule has 0 radical (unpaired) electrons. The molecule has 1 rings (SSSR count). The van der Waals surface area contributed by atoms with Crippen molar-refractivity contribution >= 4 is 34.8 Å². The summed E-state index contributed by atoms with van der Waals surface area (Å²) in [6.07, 6.45) is 3.53. The predicted molar refractivity (Wildman–Crippen MR) is 68.6 cm³/mol. The van der Waals surface area contributed by atoms with E-state index in [4.69, 9.17) is 0 Å². The largest absolute Gasteiger partial charge is 0.301 e. The number of rotatable bonds is 3. The van der Waals surface area contributed by atoms with Gasteiger partial charge in [-0.1, -0.05) is 20.4 Å². The second-order valence-corrected chi connectivity index (χ2v) is 4.79. The lowest BCUT2D eigenvalue weighted by Crippen LogP contribution is -2.08. The minimum atomic E-state index is 0.400. The molecule has 0 amide bonds. The molecule has 0 aliphatic rings. The van der Waals surface area contributed by atoms with Gasteiger partial charge in [-0.15, -0.1) is 0 Å². The molecule has 0 saturated carbocycles. The molecule has 0 atom stereocenters. The standard InChI is InChI=1S/C10H14IN3/c1-5-8-10(14(4)11)13-9(6-12-8)7(2)3/h5-7H,1H2,2-4H3. The lowest BCUT2D eigenvalue weighted by atomic mass is 10.1. The van der Waals surface area contributed by atoms with Crippen molar-refractivity contribution in [3.05, 3.63) is 24.2 Å². The van der Waals surface area contributed by atoms with E-state index in [1.807, 2.05) is 16.4 Å². The highest BCUT2D eigenvalue weighted by molar-refractivity contribution is 14.1. The van der Waals surface area contributed by atoms with Crippen molar-refractivity contribution < 1.29 is 0 Å². The zero-order valence-corrected chi connectivity index (χ0v) is 10.8. The fourth-order valence-corrected chi connectivity index (χ4v) is 1.41. The molecule has 4 heteroatoms. The van der Waals surface area contributed by atoms with Crippen molar-refractivity contribution in [1.29, 1.82) is 0 Å². The maximum Gasteiger partial charge on any atom is 0.163 e. The van der Waals surface area contributed by atoms with Gasteiger partial charge in [0.25, 0.3) is 0 Å². The fraction of sp³-hybridized carbons (Fsp3) is 0.400. The summed E-state index contributed by atoms with van der Waals surface area (Å²) in [5.74, 6) is 1.27. The van der Waals surface area contributed by atoms with E-state index in [-0.39, 0.29) is 0 Å². The Morgan fingerprint density at radius 1 is 1.57 bits per heavy atom. The van der Waals surface area contributed by atoms with Gasteiger partial charge in [-0.05, 0) is 12.0 Å². The molecule has 0 unspecified atom stereocenters. The monoisotopic (exact) mass is 303 g/mol. The quantitative estimate of drug-likeness (QED) is 0.635. The third-order valence-corrected chi connectivity index (χ3v) is 2.33. The fourth-order valence-electron chi connectivity index (χ4n) is 1.05. The molecule has 0 aliphatic carbocycles. The average molecular weight is 303 g/mol. The second-order valence-electron chi connectivity index (χ2n) is 3.34. The highest BCUT2D eigenvalue weighted by Gasteiger charge is 2.09. The summed E-state index contributed by atoms with van der Waals surface area (Å²) < 4.78 is 1.92.